The van der Waals surface area contributed by atoms with Gasteiger partial charge in [0.05, 0.1) is 5.69 Å². The summed E-state index contributed by atoms with van der Waals surface area (Å²) in [5.41, 5.74) is 0.649. The van der Waals surface area contributed by atoms with E-state index in [4.69, 9.17) is 0 Å². The van der Waals surface area contributed by atoms with Gasteiger partial charge in [-0.15, -0.1) is 5.10 Å². The summed E-state index contributed by atoms with van der Waals surface area (Å²) in [6, 6.07) is 0. The van der Waals surface area contributed by atoms with Crippen LogP contribution in [0.15, 0.2) is 0 Å². The molecule has 0 aliphatic carbocycles. The van der Waals surface area contributed by atoms with Gasteiger partial charge < -0.3 is 5.32 Å². The van der Waals surface area contributed by atoms with Crippen LogP contribution in [-0.4, -0.2) is 26.5 Å². The molecular formula is C11H18IN3OS. The van der Waals surface area contributed by atoms with Crippen LogP contribution >= 0.6 is 34.1 Å². The third-order valence-electron chi connectivity index (χ3n) is 2.25. The summed E-state index contributed by atoms with van der Waals surface area (Å²) < 4.78 is 5.01. The molecule has 0 spiro atoms. The fourth-order valence-electron chi connectivity index (χ4n) is 1.33. The number of halogens is 1. The van der Waals surface area contributed by atoms with Crippen molar-refractivity contribution in [2.75, 3.05) is 11.0 Å². The van der Waals surface area contributed by atoms with Gasteiger partial charge in [-0.1, -0.05) is 47.9 Å². The van der Waals surface area contributed by atoms with Gasteiger partial charge >= 0.3 is 0 Å². The van der Waals surface area contributed by atoms with Crippen molar-refractivity contribution in [3.8, 4) is 0 Å². The SMILES string of the molecule is CC(C)(C)c1nnsc1C(=O)NCCCCI. The maximum absolute atomic E-state index is 12.0. The minimum absolute atomic E-state index is 0.0432. The lowest BCUT2D eigenvalue weighted by molar-refractivity contribution is 0.0955. The van der Waals surface area contributed by atoms with Gasteiger partial charge in [0, 0.05) is 12.0 Å². The highest BCUT2D eigenvalue weighted by molar-refractivity contribution is 14.1. The third-order valence-corrected chi connectivity index (χ3v) is 3.74. The van der Waals surface area contributed by atoms with E-state index < -0.39 is 0 Å². The van der Waals surface area contributed by atoms with Crippen LogP contribution < -0.4 is 5.32 Å². The molecule has 1 amide bonds. The highest BCUT2D eigenvalue weighted by atomic mass is 127. The van der Waals surface area contributed by atoms with Crippen molar-refractivity contribution in [3.63, 3.8) is 0 Å². The summed E-state index contributed by atoms with van der Waals surface area (Å²) in [5.74, 6) is -0.0432. The number of nitrogens with zero attached hydrogens (tertiary/aromatic N) is 2. The van der Waals surface area contributed by atoms with Crippen molar-refractivity contribution < 1.29 is 4.79 Å². The van der Waals surface area contributed by atoms with Crippen molar-refractivity contribution in [2.24, 2.45) is 0 Å². The molecule has 0 atom stereocenters. The molecule has 1 heterocycles. The number of aromatic nitrogens is 2. The van der Waals surface area contributed by atoms with Gasteiger partial charge in [-0.2, -0.15) is 0 Å². The summed E-state index contributed by atoms with van der Waals surface area (Å²) in [7, 11) is 0. The Balaban J connectivity index is 2.61. The fourth-order valence-corrected chi connectivity index (χ4v) is 2.66. The zero-order valence-electron chi connectivity index (χ0n) is 10.4. The molecule has 17 heavy (non-hydrogen) atoms. The average molecular weight is 367 g/mol. The van der Waals surface area contributed by atoms with E-state index in [9.17, 15) is 4.79 Å². The van der Waals surface area contributed by atoms with Crippen LogP contribution in [0, 0.1) is 0 Å². The maximum Gasteiger partial charge on any atom is 0.264 e. The Labute approximate surface area is 120 Å². The first-order chi connectivity index (χ1) is 7.96. The number of carbonyl (C=O) groups is 1. The molecule has 0 fully saturated rings. The van der Waals surface area contributed by atoms with E-state index in [1.165, 1.54) is 11.5 Å². The molecule has 0 aromatic carbocycles. The Morgan fingerprint density at radius 2 is 2.12 bits per heavy atom. The molecule has 0 aliphatic rings. The summed E-state index contributed by atoms with van der Waals surface area (Å²) in [5, 5.41) is 6.98. The second kappa shape index (κ2) is 6.63. The smallest absolute Gasteiger partial charge is 0.264 e. The van der Waals surface area contributed by atoms with Crippen LogP contribution in [0.2, 0.25) is 0 Å². The van der Waals surface area contributed by atoms with Gasteiger partial charge in [-0.05, 0) is 28.8 Å². The van der Waals surface area contributed by atoms with Crippen LogP contribution in [0.3, 0.4) is 0 Å². The Kier molecular flexibility index (Phi) is 5.78. The number of hydrogen-bond acceptors (Lipinski definition) is 4. The van der Waals surface area contributed by atoms with Gasteiger partial charge in [-0.25, -0.2) is 0 Å². The minimum Gasteiger partial charge on any atom is -0.351 e. The van der Waals surface area contributed by atoms with Gasteiger partial charge in [0.15, 0.2) is 0 Å². The zero-order valence-corrected chi connectivity index (χ0v) is 13.4. The second-order valence-corrected chi connectivity index (χ2v) is 6.69. The molecule has 4 nitrogen and oxygen atoms in total. The lowest BCUT2D eigenvalue weighted by Gasteiger charge is -2.16. The van der Waals surface area contributed by atoms with E-state index in [1.54, 1.807) is 0 Å². The van der Waals surface area contributed by atoms with Gasteiger partial charge in [0.25, 0.3) is 5.91 Å². The number of unbranched alkanes of at least 4 members (excludes halogenated alkanes) is 1. The quantitative estimate of drug-likeness (QED) is 0.495. The van der Waals surface area contributed by atoms with Crippen molar-refractivity contribution in [3.05, 3.63) is 10.6 Å². The van der Waals surface area contributed by atoms with Crippen molar-refractivity contribution in [1.29, 1.82) is 0 Å². The Hall–Kier alpha value is -0.240. The van der Waals surface area contributed by atoms with E-state index in [-0.39, 0.29) is 11.3 Å². The lowest BCUT2D eigenvalue weighted by atomic mass is 9.91. The summed E-state index contributed by atoms with van der Waals surface area (Å²) >= 11 is 3.51. The lowest BCUT2D eigenvalue weighted by Crippen LogP contribution is -2.27. The predicted octanol–water partition coefficient (Wildman–Crippen LogP) is 2.78. The molecule has 96 valence electrons. The highest BCUT2D eigenvalue weighted by Gasteiger charge is 2.25. The molecule has 0 radical (unpaired) electrons. The Bertz CT molecular complexity index is 373. The standard InChI is InChI=1S/C11H18IN3OS/c1-11(2,3)9-8(17-15-14-9)10(16)13-7-5-4-6-12/h4-7H2,1-3H3,(H,13,16). The third kappa shape index (κ3) is 4.50. The number of nitrogens with one attached hydrogen (secondary N) is 1. The van der Waals surface area contributed by atoms with Crippen LogP contribution in [0.5, 0.6) is 0 Å². The minimum atomic E-state index is -0.137. The highest BCUT2D eigenvalue weighted by Crippen LogP contribution is 2.25. The molecule has 1 N–H and O–H groups in total. The average Bonchev–Trinajstić information content (AvgIpc) is 2.72. The first-order valence-electron chi connectivity index (χ1n) is 5.64. The Morgan fingerprint density at radius 1 is 1.41 bits per heavy atom. The number of carbonyl (C=O) groups excluding carboxylic acids is 1. The molecule has 1 aromatic rings. The largest absolute Gasteiger partial charge is 0.351 e. The maximum atomic E-state index is 12.0. The van der Waals surface area contributed by atoms with Gasteiger partial charge in [-0.3, -0.25) is 4.79 Å². The first kappa shape index (κ1) is 14.8. The molecular weight excluding hydrogens is 349 g/mol. The molecule has 0 saturated heterocycles. The van der Waals surface area contributed by atoms with Crippen molar-refractivity contribution in [1.82, 2.24) is 14.9 Å². The number of amides is 1. The predicted molar refractivity (Wildman–Crippen MR) is 79.1 cm³/mol. The van der Waals surface area contributed by atoms with Crippen LogP contribution in [0.4, 0.5) is 0 Å². The number of alkyl halides is 1. The van der Waals surface area contributed by atoms with Gasteiger partial charge in [0.1, 0.15) is 4.88 Å². The first-order valence-corrected chi connectivity index (χ1v) is 7.93. The molecule has 0 saturated carbocycles. The van der Waals surface area contributed by atoms with Crippen molar-refractivity contribution >= 4 is 40.0 Å². The van der Waals surface area contributed by atoms with E-state index in [1.807, 2.05) is 20.8 Å². The van der Waals surface area contributed by atoms with E-state index in [2.05, 4.69) is 37.5 Å². The summed E-state index contributed by atoms with van der Waals surface area (Å²) in [6.07, 6.45) is 2.15. The molecule has 0 unspecified atom stereocenters. The van der Waals surface area contributed by atoms with Crippen LogP contribution in [-0.2, 0) is 5.41 Å². The zero-order chi connectivity index (χ0) is 12.9. The monoisotopic (exact) mass is 367 g/mol. The van der Waals surface area contributed by atoms with Crippen molar-refractivity contribution in [2.45, 2.75) is 39.0 Å². The van der Waals surface area contributed by atoms with Crippen LogP contribution in [0.25, 0.3) is 0 Å². The molecule has 0 bridgehead atoms. The fraction of sp³-hybridized carbons (Fsp3) is 0.727. The van der Waals surface area contributed by atoms with Crippen LogP contribution in [0.1, 0.15) is 49.0 Å². The van der Waals surface area contributed by atoms with E-state index in [0.717, 1.165) is 29.5 Å². The molecule has 6 heteroatoms. The Morgan fingerprint density at radius 3 is 2.71 bits per heavy atom. The number of hydrogen-bond donors (Lipinski definition) is 1. The second-order valence-electron chi connectivity index (χ2n) is 4.85. The molecule has 1 rings (SSSR count). The van der Waals surface area contributed by atoms with E-state index >= 15 is 0 Å². The number of rotatable bonds is 5. The summed E-state index contributed by atoms with van der Waals surface area (Å²) in [4.78, 5) is 12.6. The summed E-state index contributed by atoms with van der Waals surface area (Å²) in [6.45, 7) is 6.84. The van der Waals surface area contributed by atoms with Gasteiger partial charge in [0.2, 0.25) is 0 Å². The molecule has 1 aromatic heterocycles. The van der Waals surface area contributed by atoms with E-state index in [0.29, 0.717) is 4.88 Å². The normalized spacial score (nSPS) is 11.5. The molecule has 0 aliphatic heterocycles. The topological polar surface area (TPSA) is 54.9 Å².